The molecule has 3 aliphatic rings. The fraction of sp³-hybridized carbons (Fsp3) is 0.400. The molecule has 2 N–H and O–H groups in total. The molecule has 2 amide bonds. The molecule has 4 heterocycles. The van der Waals surface area contributed by atoms with Gasteiger partial charge in [0.15, 0.2) is 0 Å². The summed E-state index contributed by atoms with van der Waals surface area (Å²) in [7, 11) is -12.7. The largest absolute Gasteiger partial charge is 0.501 e. The number of sulfonamides is 1. The number of fused-ring (bicyclic) bond motifs is 1. The standard InChI is InChI=1S/C50H57ClF3N7O7S3/c1-34(62)57-69(4)26-24-59(25-27-69)19-5-6-36-9-13-42(30-46(36)70(64,65)50(52,53)54)71(66,67)58-48(63)43-14-12-40(29-45(43)68-41-28-37-16-18-55-47(37)56-32-41)61-22-20-60(21-23-61)33-38-15-17-49(2,3)31-44(38)35-7-10-39(51)11-8-35/h7-14,16,18,28-30,32H,4-6,15,17,19-27,31,33H2,1-3H3,(H,55,56)(H,58,63). The predicted octanol–water partition coefficient (Wildman–Crippen LogP) is 8.77. The highest BCUT2D eigenvalue weighted by atomic mass is 35.5. The second-order valence-electron chi connectivity index (χ2n) is 19.2. The lowest BCUT2D eigenvalue weighted by Crippen LogP contribution is -2.47. The fourth-order valence-corrected chi connectivity index (χ4v) is 13.8. The van der Waals surface area contributed by atoms with Gasteiger partial charge in [0.1, 0.15) is 17.1 Å². The molecule has 0 spiro atoms. The van der Waals surface area contributed by atoms with Crippen molar-refractivity contribution in [2.45, 2.75) is 68.2 Å². The van der Waals surface area contributed by atoms with Crippen molar-refractivity contribution in [3.8, 4) is 11.5 Å². The Morgan fingerprint density at radius 2 is 1.66 bits per heavy atom. The molecular weight excluding hydrogens is 999 g/mol. The van der Waals surface area contributed by atoms with Gasteiger partial charge in [-0.15, -0.1) is 9.41 Å². The first-order valence-corrected chi connectivity index (χ1v) is 28.7. The van der Waals surface area contributed by atoms with Gasteiger partial charge in [-0.25, -0.2) is 26.5 Å². The SMILES string of the molecule is C=S1(=NC(C)=O)CCN(CCCc2ccc(S(=O)(=O)NC(=O)c3ccc(N4CCN(CC5=C(c6ccc(Cl)cc6)CC(C)(C)CC5)CC4)cc3Oc3cnc4[nH]ccc4c3)cc2S(=O)(=O)C(F)(F)F)CC1. The van der Waals surface area contributed by atoms with Crippen molar-refractivity contribution >= 4 is 80.9 Å². The van der Waals surface area contributed by atoms with Gasteiger partial charge in [-0.2, -0.15) is 17.5 Å². The number of ether oxygens (including phenoxy) is 1. The van der Waals surface area contributed by atoms with Crippen LogP contribution in [0.25, 0.3) is 16.6 Å². The van der Waals surface area contributed by atoms with Crippen LogP contribution in [0.5, 0.6) is 11.5 Å². The number of halogens is 4. The van der Waals surface area contributed by atoms with Crippen molar-refractivity contribution in [1.82, 2.24) is 24.5 Å². The number of nitrogens with zero attached hydrogens (tertiary/aromatic N) is 5. The predicted molar refractivity (Wildman–Crippen MR) is 274 cm³/mol. The van der Waals surface area contributed by atoms with Crippen molar-refractivity contribution in [3.05, 3.63) is 112 Å². The maximum absolute atomic E-state index is 14.1. The number of aromatic nitrogens is 2. The molecule has 2 aromatic heterocycles. The van der Waals surface area contributed by atoms with Gasteiger partial charge in [-0.3, -0.25) is 14.5 Å². The van der Waals surface area contributed by atoms with Crippen LogP contribution in [0.1, 0.15) is 67.9 Å². The smallest absolute Gasteiger partial charge is 0.455 e. The summed E-state index contributed by atoms with van der Waals surface area (Å²) in [5.41, 5.74) is -0.752. The first kappa shape index (κ1) is 52.1. The van der Waals surface area contributed by atoms with E-state index >= 15 is 0 Å². The number of hydrogen-bond donors (Lipinski definition) is 2. The van der Waals surface area contributed by atoms with Crippen molar-refractivity contribution < 1.29 is 44.3 Å². The van der Waals surface area contributed by atoms with E-state index in [-0.39, 0.29) is 46.8 Å². The molecule has 380 valence electrons. The summed E-state index contributed by atoms with van der Waals surface area (Å²) in [5, 5.41) is 1.40. The molecule has 0 unspecified atom stereocenters. The van der Waals surface area contributed by atoms with E-state index in [1.54, 1.807) is 30.5 Å². The summed E-state index contributed by atoms with van der Waals surface area (Å²) in [5.74, 6) is 4.05. The molecule has 0 saturated carbocycles. The number of piperazine rings is 1. The zero-order chi connectivity index (χ0) is 50.9. The number of aromatic amines is 1. The Bertz CT molecular complexity index is 3220. The maximum atomic E-state index is 14.1. The second kappa shape index (κ2) is 20.7. The number of anilines is 1. The Hall–Kier alpha value is -5.25. The zero-order valence-electron chi connectivity index (χ0n) is 39.7. The minimum atomic E-state index is -6.03. The molecule has 0 bridgehead atoms. The Morgan fingerprint density at radius 3 is 2.35 bits per heavy atom. The lowest BCUT2D eigenvalue weighted by atomic mass is 9.72. The van der Waals surface area contributed by atoms with Gasteiger partial charge >= 0.3 is 5.51 Å². The van der Waals surface area contributed by atoms with Crippen LogP contribution in [0.4, 0.5) is 18.9 Å². The number of H-pyrrole nitrogens is 1. The third-order valence-electron chi connectivity index (χ3n) is 13.3. The third-order valence-corrected chi connectivity index (χ3v) is 19.0. The van der Waals surface area contributed by atoms with Gasteiger partial charge in [0.05, 0.1) is 21.6 Å². The zero-order valence-corrected chi connectivity index (χ0v) is 42.9. The van der Waals surface area contributed by atoms with Crippen LogP contribution >= 0.6 is 11.6 Å². The highest BCUT2D eigenvalue weighted by Crippen LogP contribution is 2.44. The van der Waals surface area contributed by atoms with E-state index in [9.17, 15) is 39.6 Å². The summed E-state index contributed by atoms with van der Waals surface area (Å²) < 4.78 is 109. The number of pyridine rings is 1. The topological polar surface area (TPSA) is 174 Å². The van der Waals surface area contributed by atoms with Crippen molar-refractivity contribution in [1.29, 1.82) is 0 Å². The lowest BCUT2D eigenvalue weighted by molar-refractivity contribution is -0.115. The Balaban J connectivity index is 1.01. The Kier molecular flexibility index (Phi) is 15.2. The lowest BCUT2D eigenvalue weighted by Gasteiger charge is -2.39. The van der Waals surface area contributed by atoms with Crippen LogP contribution in [-0.2, 0) is 40.5 Å². The molecule has 71 heavy (non-hydrogen) atoms. The van der Waals surface area contributed by atoms with Crippen LogP contribution in [0.2, 0.25) is 5.02 Å². The van der Waals surface area contributed by atoms with Crippen molar-refractivity contribution in [2.24, 2.45) is 9.78 Å². The number of rotatable bonds is 14. The first-order chi connectivity index (χ1) is 33.5. The number of hydrogen-bond acceptors (Lipinski definition) is 11. The minimum absolute atomic E-state index is 0.0168. The third kappa shape index (κ3) is 12.3. The number of aryl methyl sites for hydroxylation is 1. The summed E-state index contributed by atoms with van der Waals surface area (Å²) in [6.45, 7) is 11.1. The molecule has 2 aliphatic heterocycles. The second-order valence-corrected chi connectivity index (χ2v) is 26.2. The fourth-order valence-electron chi connectivity index (χ4n) is 9.39. The van der Waals surface area contributed by atoms with Gasteiger partial charge in [0.2, 0.25) is 5.91 Å². The Labute approximate surface area is 418 Å². The Morgan fingerprint density at radius 1 is 0.944 bits per heavy atom. The minimum Gasteiger partial charge on any atom is -0.455 e. The van der Waals surface area contributed by atoms with Crippen LogP contribution < -0.4 is 14.4 Å². The van der Waals surface area contributed by atoms with E-state index in [0.29, 0.717) is 72.0 Å². The van der Waals surface area contributed by atoms with Gasteiger partial charge in [0, 0.05) is 92.6 Å². The normalized spacial score (nSPS) is 18.1. The molecule has 0 radical (unpaired) electrons. The van der Waals surface area contributed by atoms with Crippen LogP contribution in [0.15, 0.2) is 105 Å². The highest BCUT2D eigenvalue weighted by Gasteiger charge is 2.48. The molecule has 2 fully saturated rings. The number of amides is 2. The van der Waals surface area contributed by atoms with Crippen molar-refractivity contribution in [2.75, 3.05) is 68.8 Å². The number of carbonyl (C=O) groups is 2. The molecule has 8 rings (SSSR count). The number of carbonyl (C=O) groups excluding carboxylic acids is 2. The highest BCUT2D eigenvalue weighted by molar-refractivity contribution is 8.02. The molecular formula is C50H57ClF3N7O7S3. The first-order valence-electron chi connectivity index (χ1n) is 23.3. The number of allylic oxidation sites excluding steroid dienone is 1. The number of benzene rings is 3. The summed E-state index contributed by atoms with van der Waals surface area (Å²) >= 11 is 6.24. The van der Waals surface area contributed by atoms with Crippen LogP contribution in [0, 0.1) is 5.41 Å². The molecule has 2 saturated heterocycles. The summed E-state index contributed by atoms with van der Waals surface area (Å²) in [4.78, 5) is 37.6. The van der Waals surface area contributed by atoms with E-state index in [1.807, 2.05) is 21.8 Å². The van der Waals surface area contributed by atoms with Crippen molar-refractivity contribution in [3.63, 3.8) is 0 Å². The average Bonchev–Trinajstić information content (AvgIpc) is 3.78. The van der Waals surface area contributed by atoms with E-state index in [2.05, 4.69) is 56.0 Å². The monoisotopic (exact) mass is 1060 g/mol. The quantitative estimate of drug-likeness (QED) is 0.102. The van der Waals surface area contributed by atoms with E-state index in [1.165, 1.54) is 35.9 Å². The summed E-state index contributed by atoms with van der Waals surface area (Å²) in [6.07, 6.45) is 6.32. The van der Waals surface area contributed by atoms with Crippen LogP contribution in [0.3, 0.4) is 0 Å². The van der Waals surface area contributed by atoms with Gasteiger partial charge < -0.3 is 19.5 Å². The molecule has 14 nitrogen and oxygen atoms in total. The molecule has 5 aromatic rings. The molecule has 1 aliphatic carbocycles. The number of alkyl halides is 3. The van der Waals surface area contributed by atoms with Gasteiger partial charge in [-0.1, -0.05) is 55.1 Å². The van der Waals surface area contributed by atoms with Gasteiger partial charge in [-0.05, 0) is 109 Å². The van der Waals surface area contributed by atoms with E-state index in [0.717, 1.165) is 51.0 Å². The maximum Gasteiger partial charge on any atom is 0.501 e. The average molecular weight is 1060 g/mol. The van der Waals surface area contributed by atoms with E-state index in [4.69, 9.17) is 16.3 Å². The summed E-state index contributed by atoms with van der Waals surface area (Å²) in [6, 6.07) is 18.7. The van der Waals surface area contributed by atoms with Crippen LogP contribution in [-0.4, -0.2) is 124 Å². The van der Waals surface area contributed by atoms with E-state index < -0.39 is 50.5 Å². The van der Waals surface area contributed by atoms with Gasteiger partial charge in [0.25, 0.3) is 25.8 Å². The number of nitrogens with one attached hydrogen (secondary N) is 2. The molecule has 0 atom stereocenters. The number of sulfone groups is 1. The molecule has 3 aromatic carbocycles. The molecule has 21 heteroatoms.